The Morgan fingerprint density at radius 1 is 1.42 bits per heavy atom. The van der Waals surface area contributed by atoms with Crippen LogP contribution in [0.15, 0.2) is 12.2 Å². The maximum atomic E-state index is 11.9. The van der Waals surface area contributed by atoms with Crippen LogP contribution in [0.3, 0.4) is 0 Å². The van der Waals surface area contributed by atoms with Gasteiger partial charge in [-0.25, -0.2) is 0 Å². The number of hydrogen-bond acceptors (Lipinski definition) is 3. The van der Waals surface area contributed by atoms with Gasteiger partial charge in [0, 0.05) is 12.6 Å². The SMILES string of the molecule is CC(C)(C)CC(CNC(=O)C1C=CC(N)C1)C(=O)O. The third kappa shape index (κ3) is 5.42. The van der Waals surface area contributed by atoms with Crippen molar-refractivity contribution in [1.82, 2.24) is 5.32 Å². The summed E-state index contributed by atoms with van der Waals surface area (Å²) in [5.74, 6) is -1.78. The van der Waals surface area contributed by atoms with Crippen LogP contribution in [0.4, 0.5) is 0 Å². The van der Waals surface area contributed by atoms with Crippen molar-refractivity contribution in [2.45, 2.75) is 39.7 Å². The molecule has 3 atom stereocenters. The average Bonchev–Trinajstić information content (AvgIpc) is 2.68. The second-order valence-electron chi connectivity index (χ2n) is 6.44. The van der Waals surface area contributed by atoms with Gasteiger partial charge in [0.2, 0.25) is 5.91 Å². The lowest BCUT2D eigenvalue weighted by atomic mass is 9.84. The minimum absolute atomic E-state index is 0.0689. The molecule has 0 heterocycles. The molecule has 0 aliphatic heterocycles. The average molecular weight is 268 g/mol. The van der Waals surface area contributed by atoms with Gasteiger partial charge in [0.1, 0.15) is 0 Å². The Morgan fingerprint density at radius 2 is 2.05 bits per heavy atom. The summed E-state index contributed by atoms with van der Waals surface area (Å²) in [5, 5.41) is 11.9. The second-order valence-corrected chi connectivity index (χ2v) is 6.44. The predicted molar refractivity (Wildman–Crippen MR) is 73.4 cm³/mol. The van der Waals surface area contributed by atoms with E-state index < -0.39 is 11.9 Å². The lowest BCUT2D eigenvalue weighted by molar-refractivity contribution is -0.142. The molecule has 5 nitrogen and oxygen atoms in total. The van der Waals surface area contributed by atoms with Gasteiger partial charge in [0.05, 0.1) is 11.8 Å². The van der Waals surface area contributed by atoms with Crippen LogP contribution in [-0.2, 0) is 9.59 Å². The minimum Gasteiger partial charge on any atom is -0.481 e. The van der Waals surface area contributed by atoms with Crippen molar-refractivity contribution in [2.75, 3.05) is 6.54 Å². The fourth-order valence-corrected chi connectivity index (χ4v) is 2.26. The van der Waals surface area contributed by atoms with E-state index in [1.165, 1.54) is 0 Å². The van der Waals surface area contributed by atoms with E-state index in [0.717, 1.165) is 0 Å². The molecule has 0 fully saturated rings. The zero-order valence-electron chi connectivity index (χ0n) is 11.8. The van der Waals surface area contributed by atoms with Crippen LogP contribution in [0.5, 0.6) is 0 Å². The molecule has 0 aromatic rings. The van der Waals surface area contributed by atoms with Crippen LogP contribution in [0.1, 0.15) is 33.6 Å². The molecule has 0 spiro atoms. The number of nitrogens with two attached hydrogens (primary N) is 1. The molecule has 19 heavy (non-hydrogen) atoms. The molecule has 0 saturated carbocycles. The molecule has 108 valence electrons. The molecular formula is C14H24N2O3. The molecule has 1 amide bonds. The second kappa shape index (κ2) is 6.19. The first-order valence-corrected chi connectivity index (χ1v) is 6.63. The first kappa shape index (κ1) is 15.7. The monoisotopic (exact) mass is 268 g/mol. The summed E-state index contributed by atoms with van der Waals surface area (Å²) in [7, 11) is 0. The van der Waals surface area contributed by atoms with Crippen LogP contribution in [-0.4, -0.2) is 29.6 Å². The molecule has 4 N–H and O–H groups in total. The highest BCUT2D eigenvalue weighted by Gasteiger charge is 2.27. The smallest absolute Gasteiger partial charge is 0.308 e. The summed E-state index contributed by atoms with van der Waals surface area (Å²) in [4.78, 5) is 23.1. The Balaban J connectivity index is 2.46. The molecule has 0 bridgehead atoms. The highest BCUT2D eigenvalue weighted by molar-refractivity contribution is 5.81. The van der Waals surface area contributed by atoms with Gasteiger partial charge >= 0.3 is 5.97 Å². The van der Waals surface area contributed by atoms with E-state index in [2.05, 4.69) is 5.32 Å². The van der Waals surface area contributed by atoms with E-state index in [9.17, 15) is 14.7 Å². The number of rotatable bonds is 5. The zero-order valence-corrected chi connectivity index (χ0v) is 11.8. The van der Waals surface area contributed by atoms with Gasteiger partial charge in [-0.05, 0) is 18.3 Å². The van der Waals surface area contributed by atoms with Gasteiger partial charge in [-0.3, -0.25) is 9.59 Å². The molecule has 0 aromatic heterocycles. The Morgan fingerprint density at radius 3 is 2.47 bits per heavy atom. The van der Waals surface area contributed by atoms with Crippen molar-refractivity contribution in [1.29, 1.82) is 0 Å². The van der Waals surface area contributed by atoms with E-state index >= 15 is 0 Å². The number of carboxylic acids is 1. The number of amides is 1. The zero-order chi connectivity index (χ0) is 14.6. The van der Waals surface area contributed by atoms with Crippen LogP contribution < -0.4 is 11.1 Å². The number of nitrogens with one attached hydrogen (secondary N) is 1. The molecule has 1 aliphatic carbocycles. The molecule has 1 aliphatic rings. The van der Waals surface area contributed by atoms with E-state index in [1.54, 1.807) is 6.08 Å². The molecule has 1 rings (SSSR count). The Kier molecular flexibility index (Phi) is 5.11. The quantitative estimate of drug-likeness (QED) is 0.652. The lowest BCUT2D eigenvalue weighted by Crippen LogP contribution is -2.37. The minimum atomic E-state index is -0.867. The first-order valence-electron chi connectivity index (χ1n) is 6.63. The number of carboxylic acid groups (broad SMARTS) is 1. The lowest BCUT2D eigenvalue weighted by Gasteiger charge is -2.23. The number of carbonyl (C=O) groups excluding carboxylic acids is 1. The highest BCUT2D eigenvalue weighted by Crippen LogP contribution is 2.24. The van der Waals surface area contributed by atoms with Gasteiger partial charge in [-0.2, -0.15) is 0 Å². The summed E-state index contributed by atoms with van der Waals surface area (Å²) >= 11 is 0. The maximum absolute atomic E-state index is 11.9. The van der Waals surface area contributed by atoms with Crippen molar-refractivity contribution in [2.24, 2.45) is 23.0 Å². The number of hydrogen-bond donors (Lipinski definition) is 3. The molecule has 0 radical (unpaired) electrons. The van der Waals surface area contributed by atoms with E-state index in [4.69, 9.17) is 5.73 Å². The van der Waals surface area contributed by atoms with Gasteiger partial charge in [-0.1, -0.05) is 32.9 Å². The maximum Gasteiger partial charge on any atom is 0.308 e. The van der Waals surface area contributed by atoms with E-state index in [0.29, 0.717) is 12.8 Å². The predicted octanol–water partition coefficient (Wildman–Crippen LogP) is 1.14. The summed E-state index contributed by atoms with van der Waals surface area (Å²) < 4.78 is 0. The Hall–Kier alpha value is -1.36. The third-order valence-electron chi connectivity index (χ3n) is 3.18. The third-order valence-corrected chi connectivity index (χ3v) is 3.18. The van der Waals surface area contributed by atoms with Crippen molar-refractivity contribution < 1.29 is 14.7 Å². The fraction of sp³-hybridized carbons (Fsp3) is 0.714. The summed E-state index contributed by atoms with van der Waals surface area (Å²) in [5.41, 5.74) is 5.61. The van der Waals surface area contributed by atoms with Crippen LogP contribution in [0.25, 0.3) is 0 Å². The standard InChI is InChI=1S/C14H24N2O3/c1-14(2,3)7-10(13(18)19)8-16-12(17)9-4-5-11(15)6-9/h4-5,9-11H,6-8,15H2,1-3H3,(H,16,17)(H,18,19). The van der Waals surface area contributed by atoms with Crippen LogP contribution >= 0.6 is 0 Å². The summed E-state index contributed by atoms with van der Waals surface area (Å²) in [6.45, 7) is 6.14. The van der Waals surface area contributed by atoms with Crippen molar-refractivity contribution in [3.63, 3.8) is 0 Å². The number of carbonyl (C=O) groups is 2. The van der Waals surface area contributed by atoms with Crippen LogP contribution in [0.2, 0.25) is 0 Å². The molecule has 3 unspecified atom stereocenters. The van der Waals surface area contributed by atoms with Gasteiger partial charge in [-0.15, -0.1) is 0 Å². The molecular weight excluding hydrogens is 244 g/mol. The number of aliphatic carboxylic acids is 1. The van der Waals surface area contributed by atoms with Crippen molar-refractivity contribution in [3.05, 3.63) is 12.2 Å². The normalized spacial score (nSPS) is 24.2. The highest BCUT2D eigenvalue weighted by atomic mass is 16.4. The molecule has 5 heteroatoms. The Bertz CT molecular complexity index is 371. The largest absolute Gasteiger partial charge is 0.481 e. The first-order chi connectivity index (χ1) is 8.69. The van der Waals surface area contributed by atoms with E-state index in [1.807, 2.05) is 26.8 Å². The van der Waals surface area contributed by atoms with Gasteiger partial charge in [0.15, 0.2) is 0 Å². The van der Waals surface area contributed by atoms with Crippen molar-refractivity contribution in [3.8, 4) is 0 Å². The van der Waals surface area contributed by atoms with E-state index in [-0.39, 0.29) is 29.8 Å². The summed E-state index contributed by atoms with van der Waals surface area (Å²) in [6, 6.07) is -0.0689. The molecule has 0 saturated heterocycles. The fourth-order valence-electron chi connectivity index (χ4n) is 2.26. The van der Waals surface area contributed by atoms with Crippen LogP contribution in [0, 0.1) is 17.3 Å². The topological polar surface area (TPSA) is 92.4 Å². The molecule has 0 aromatic carbocycles. The van der Waals surface area contributed by atoms with Gasteiger partial charge in [0.25, 0.3) is 0 Å². The van der Waals surface area contributed by atoms with Crippen molar-refractivity contribution >= 4 is 11.9 Å². The summed E-state index contributed by atoms with van der Waals surface area (Å²) in [6.07, 6.45) is 4.74. The Labute approximate surface area is 114 Å². The van der Waals surface area contributed by atoms with Gasteiger partial charge < -0.3 is 16.2 Å².